The lowest BCUT2D eigenvalue weighted by Gasteiger charge is -2.10. The van der Waals surface area contributed by atoms with Crippen LogP contribution in [0, 0.1) is 6.92 Å². The Morgan fingerprint density at radius 1 is 0.923 bits per heavy atom. The molecule has 2 N–H and O–H groups in total. The first kappa shape index (κ1) is 17.7. The van der Waals surface area contributed by atoms with Gasteiger partial charge in [0, 0.05) is 19.2 Å². The highest BCUT2D eigenvalue weighted by atomic mass is 16.5. The van der Waals surface area contributed by atoms with Crippen LogP contribution in [0.4, 0.5) is 11.6 Å². The minimum Gasteiger partial charge on any atom is -0.497 e. The van der Waals surface area contributed by atoms with E-state index in [1.165, 1.54) is 16.7 Å². The van der Waals surface area contributed by atoms with Crippen LogP contribution in [0.2, 0.25) is 0 Å². The first-order valence-corrected chi connectivity index (χ1v) is 8.72. The molecule has 2 aromatic carbocycles. The van der Waals surface area contributed by atoms with Gasteiger partial charge in [0.25, 0.3) is 0 Å². The van der Waals surface area contributed by atoms with Gasteiger partial charge in [-0.25, -0.2) is 9.97 Å². The number of hydrogen-bond donors (Lipinski definition) is 2. The molecule has 0 bridgehead atoms. The number of rotatable bonds is 8. The van der Waals surface area contributed by atoms with E-state index in [0.29, 0.717) is 0 Å². The zero-order valence-corrected chi connectivity index (χ0v) is 15.2. The molecule has 0 aliphatic rings. The molecule has 1 heterocycles. The van der Waals surface area contributed by atoms with Gasteiger partial charge in [-0.1, -0.05) is 36.4 Å². The van der Waals surface area contributed by atoms with E-state index >= 15 is 0 Å². The van der Waals surface area contributed by atoms with Crippen LogP contribution in [-0.4, -0.2) is 23.6 Å². The predicted molar refractivity (Wildman–Crippen MR) is 106 cm³/mol. The lowest BCUT2D eigenvalue weighted by Crippen LogP contribution is -2.08. The summed E-state index contributed by atoms with van der Waals surface area (Å²) in [6.45, 7) is 3.67. The summed E-state index contributed by atoms with van der Waals surface area (Å²) in [5, 5.41) is 6.71. The second kappa shape index (κ2) is 8.85. The van der Waals surface area contributed by atoms with Gasteiger partial charge < -0.3 is 15.4 Å². The number of aryl methyl sites for hydroxylation is 1. The SMILES string of the molecule is COc1ccc(CCNc2cc(NCc3ccccc3C)ncn2)cc1. The van der Waals surface area contributed by atoms with Crippen LogP contribution in [0.3, 0.4) is 0 Å². The van der Waals surface area contributed by atoms with Gasteiger partial charge >= 0.3 is 0 Å². The van der Waals surface area contributed by atoms with Crippen molar-refractivity contribution >= 4 is 11.6 Å². The van der Waals surface area contributed by atoms with Crippen LogP contribution in [0.1, 0.15) is 16.7 Å². The lowest BCUT2D eigenvalue weighted by atomic mass is 10.1. The number of hydrogen-bond acceptors (Lipinski definition) is 5. The molecule has 0 spiro atoms. The minimum absolute atomic E-state index is 0.745. The first-order chi connectivity index (χ1) is 12.7. The summed E-state index contributed by atoms with van der Waals surface area (Å²) in [5.74, 6) is 2.51. The standard InChI is InChI=1S/C21H24N4O/c1-16-5-3-4-6-18(16)14-23-21-13-20(24-15-25-21)22-12-11-17-7-9-19(26-2)10-8-17/h3-10,13,15H,11-12,14H2,1-2H3,(H2,22,23,24,25). The van der Waals surface area contributed by atoms with Crippen molar-refractivity contribution in [1.82, 2.24) is 9.97 Å². The van der Waals surface area contributed by atoms with Gasteiger partial charge in [-0.2, -0.15) is 0 Å². The van der Waals surface area contributed by atoms with Gasteiger partial charge in [0.2, 0.25) is 0 Å². The third-order valence-corrected chi connectivity index (χ3v) is 4.27. The van der Waals surface area contributed by atoms with Crippen LogP contribution in [-0.2, 0) is 13.0 Å². The van der Waals surface area contributed by atoms with E-state index < -0.39 is 0 Å². The van der Waals surface area contributed by atoms with Gasteiger partial charge in [-0.05, 0) is 42.2 Å². The second-order valence-corrected chi connectivity index (χ2v) is 6.09. The fourth-order valence-electron chi connectivity index (χ4n) is 2.67. The van der Waals surface area contributed by atoms with Crippen LogP contribution in [0.5, 0.6) is 5.75 Å². The third-order valence-electron chi connectivity index (χ3n) is 4.27. The highest BCUT2D eigenvalue weighted by molar-refractivity contribution is 5.47. The van der Waals surface area contributed by atoms with E-state index in [4.69, 9.17) is 4.74 Å². The molecule has 0 aliphatic heterocycles. The van der Waals surface area contributed by atoms with E-state index in [-0.39, 0.29) is 0 Å². The lowest BCUT2D eigenvalue weighted by molar-refractivity contribution is 0.414. The van der Waals surface area contributed by atoms with Crippen molar-refractivity contribution in [1.29, 1.82) is 0 Å². The van der Waals surface area contributed by atoms with E-state index in [9.17, 15) is 0 Å². The van der Waals surface area contributed by atoms with Crippen LogP contribution in [0.15, 0.2) is 60.9 Å². The van der Waals surface area contributed by atoms with Crippen molar-refractivity contribution in [2.24, 2.45) is 0 Å². The summed E-state index contributed by atoms with van der Waals surface area (Å²) >= 11 is 0. The number of nitrogens with one attached hydrogen (secondary N) is 2. The molecule has 0 radical (unpaired) electrons. The number of ether oxygens (including phenoxy) is 1. The Morgan fingerprint density at radius 2 is 1.65 bits per heavy atom. The van der Waals surface area contributed by atoms with Crippen LogP contribution >= 0.6 is 0 Å². The molecule has 3 rings (SSSR count). The van der Waals surface area contributed by atoms with E-state index in [0.717, 1.165) is 36.9 Å². The number of benzene rings is 2. The Labute approximate surface area is 154 Å². The highest BCUT2D eigenvalue weighted by Crippen LogP contribution is 2.14. The molecular formula is C21H24N4O. The summed E-state index contributed by atoms with van der Waals surface area (Å²) in [4.78, 5) is 8.58. The molecule has 5 nitrogen and oxygen atoms in total. The fourth-order valence-corrected chi connectivity index (χ4v) is 2.67. The number of methoxy groups -OCH3 is 1. The highest BCUT2D eigenvalue weighted by Gasteiger charge is 2.01. The average molecular weight is 348 g/mol. The third kappa shape index (κ3) is 4.96. The largest absolute Gasteiger partial charge is 0.497 e. The van der Waals surface area contributed by atoms with Gasteiger partial charge in [-0.3, -0.25) is 0 Å². The average Bonchev–Trinajstić information content (AvgIpc) is 2.68. The molecule has 0 fully saturated rings. The molecule has 0 unspecified atom stereocenters. The molecule has 0 saturated heterocycles. The Bertz CT molecular complexity index is 833. The van der Waals surface area contributed by atoms with Gasteiger partial charge in [0.1, 0.15) is 23.7 Å². The smallest absolute Gasteiger partial charge is 0.131 e. The Hall–Kier alpha value is -3.08. The van der Waals surface area contributed by atoms with Gasteiger partial charge in [-0.15, -0.1) is 0 Å². The fraction of sp³-hybridized carbons (Fsp3) is 0.238. The topological polar surface area (TPSA) is 59.1 Å². The number of aromatic nitrogens is 2. The molecule has 5 heteroatoms. The summed E-state index contributed by atoms with van der Waals surface area (Å²) in [6, 6.07) is 18.4. The minimum atomic E-state index is 0.745. The maximum Gasteiger partial charge on any atom is 0.131 e. The zero-order chi connectivity index (χ0) is 18.2. The monoisotopic (exact) mass is 348 g/mol. The van der Waals surface area contributed by atoms with Crippen molar-refractivity contribution in [2.45, 2.75) is 19.9 Å². The Kier molecular flexibility index (Phi) is 6.04. The molecule has 0 saturated carbocycles. The molecule has 0 amide bonds. The normalized spacial score (nSPS) is 10.4. The second-order valence-electron chi connectivity index (χ2n) is 6.09. The van der Waals surface area contributed by atoms with E-state index in [1.807, 2.05) is 24.3 Å². The summed E-state index contributed by atoms with van der Waals surface area (Å²) in [5.41, 5.74) is 3.79. The maximum absolute atomic E-state index is 5.18. The van der Waals surface area contributed by atoms with Gasteiger partial charge in [0.15, 0.2) is 0 Å². The summed E-state index contributed by atoms with van der Waals surface area (Å²) < 4.78 is 5.18. The predicted octanol–water partition coefficient (Wildman–Crippen LogP) is 4.06. The van der Waals surface area contributed by atoms with Crippen molar-refractivity contribution in [3.8, 4) is 5.75 Å². The van der Waals surface area contributed by atoms with Crippen molar-refractivity contribution in [3.63, 3.8) is 0 Å². The van der Waals surface area contributed by atoms with Crippen LogP contribution in [0.25, 0.3) is 0 Å². The van der Waals surface area contributed by atoms with E-state index in [2.05, 4.69) is 57.9 Å². The van der Waals surface area contributed by atoms with Crippen molar-refractivity contribution < 1.29 is 4.74 Å². The molecule has 3 aromatic rings. The quantitative estimate of drug-likeness (QED) is 0.643. The number of nitrogens with zero attached hydrogens (tertiary/aromatic N) is 2. The zero-order valence-electron chi connectivity index (χ0n) is 15.2. The van der Waals surface area contributed by atoms with E-state index in [1.54, 1.807) is 13.4 Å². The van der Waals surface area contributed by atoms with Crippen molar-refractivity contribution in [3.05, 3.63) is 77.6 Å². The molecular weight excluding hydrogens is 324 g/mol. The maximum atomic E-state index is 5.18. The molecule has 1 aromatic heterocycles. The first-order valence-electron chi connectivity index (χ1n) is 8.72. The molecule has 26 heavy (non-hydrogen) atoms. The molecule has 0 aliphatic carbocycles. The molecule has 134 valence electrons. The Morgan fingerprint density at radius 3 is 2.38 bits per heavy atom. The molecule has 0 atom stereocenters. The summed E-state index contributed by atoms with van der Waals surface area (Å²) in [6.07, 6.45) is 2.50. The van der Waals surface area contributed by atoms with Crippen molar-refractivity contribution in [2.75, 3.05) is 24.3 Å². The summed E-state index contributed by atoms with van der Waals surface area (Å²) in [7, 11) is 1.68. The van der Waals surface area contributed by atoms with Crippen LogP contribution < -0.4 is 15.4 Å². The van der Waals surface area contributed by atoms with Gasteiger partial charge in [0.05, 0.1) is 7.11 Å². The number of anilines is 2. The Balaban J connectivity index is 1.51.